The first-order chi connectivity index (χ1) is 9.02. The van der Waals surface area contributed by atoms with E-state index in [1.54, 1.807) is 4.90 Å². The smallest absolute Gasteiger partial charge is 0.220 e. The summed E-state index contributed by atoms with van der Waals surface area (Å²) < 4.78 is 27.8. The van der Waals surface area contributed by atoms with Gasteiger partial charge in [0.2, 0.25) is 5.91 Å². The van der Waals surface area contributed by atoms with Gasteiger partial charge in [-0.05, 0) is 30.5 Å². The normalized spacial score (nSPS) is 16.7. The van der Waals surface area contributed by atoms with Crippen molar-refractivity contribution in [2.75, 3.05) is 18.0 Å². The van der Waals surface area contributed by atoms with Crippen LogP contribution in [0.2, 0.25) is 0 Å². The van der Waals surface area contributed by atoms with Crippen LogP contribution in [0.25, 0.3) is 0 Å². The third kappa shape index (κ3) is 2.84. The molecule has 104 valence electrons. The Morgan fingerprint density at radius 2 is 1.79 bits per heavy atom. The topological polar surface area (TPSA) is 72.3 Å². The van der Waals surface area contributed by atoms with Gasteiger partial charge < -0.3 is 16.4 Å². The average Bonchev–Trinajstić information content (AvgIpc) is 2.38. The first-order valence-electron chi connectivity index (χ1n) is 6.25. The summed E-state index contributed by atoms with van der Waals surface area (Å²) in [6, 6.07) is 2.50. The number of primary amides is 1. The summed E-state index contributed by atoms with van der Waals surface area (Å²) in [6.07, 6.45) is 1.04. The van der Waals surface area contributed by atoms with Gasteiger partial charge in [-0.2, -0.15) is 0 Å². The Morgan fingerprint density at radius 1 is 1.26 bits per heavy atom. The van der Waals surface area contributed by atoms with Crippen molar-refractivity contribution < 1.29 is 13.6 Å². The zero-order valence-corrected chi connectivity index (χ0v) is 10.5. The summed E-state index contributed by atoms with van der Waals surface area (Å²) in [6.45, 7) is 0.935. The van der Waals surface area contributed by atoms with Crippen LogP contribution in [0.4, 0.5) is 14.5 Å². The van der Waals surface area contributed by atoms with E-state index in [4.69, 9.17) is 11.5 Å². The minimum absolute atomic E-state index is 0.0416. The van der Waals surface area contributed by atoms with Crippen molar-refractivity contribution in [1.82, 2.24) is 0 Å². The molecule has 1 aromatic carbocycles. The molecule has 0 bridgehead atoms. The molecule has 4 N–H and O–H groups in total. The first-order valence-corrected chi connectivity index (χ1v) is 6.25. The molecule has 19 heavy (non-hydrogen) atoms. The van der Waals surface area contributed by atoms with Gasteiger partial charge in [0.1, 0.15) is 17.3 Å². The molecule has 0 saturated carbocycles. The largest absolute Gasteiger partial charge is 0.369 e. The predicted molar refractivity (Wildman–Crippen MR) is 68.4 cm³/mol. The quantitative estimate of drug-likeness (QED) is 0.864. The number of hydrogen-bond acceptors (Lipinski definition) is 3. The highest BCUT2D eigenvalue weighted by molar-refractivity contribution is 5.77. The molecule has 0 aromatic heterocycles. The number of amides is 1. The summed E-state index contributed by atoms with van der Waals surface area (Å²) in [5.41, 5.74) is 11.0. The van der Waals surface area contributed by atoms with E-state index in [0.29, 0.717) is 31.5 Å². The van der Waals surface area contributed by atoms with E-state index in [9.17, 15) is 13.6 Å². The van der Waals surface area contributed by atoms with E-state index in [0.717, 1.165) is 0 Å². The molecule has 0 atom stereocenters. The van der Waals surface area contributed by atoms with Crippen molar-refractivity contribution in [3.05, 3.63) is 29.3 Å². The van der Waals surface area contributed by atoms with Crippen LogP contribution in [-0.4, -0.2) is 19.0 Å². The standard InChI is InChI=1S/C13H17F2N3O/c14-10-5-8(7-16)6-11(15)12(10)18-3-1-9(2-4-18)13(17)19/h5-6,9H,1-4,7,16H2,(H2,17,19). The SMILES string of the molecule is NCc1cc(F)c(N2CCC(C(N)=O)CC2)c(F)c1. The molecular weight excluding hydrogens is 252 g/mol. The second-order valence-corrected chi connectivity index (χ2v) is 4.78. The Bertz CT molecular complexity index is 462. The third-order valence-electron chi connectivity index (χ3n) is 3.53. The van der Waals surface area contributed by atoms with Crippen LogP contribution in [0.15, 0.2) is 12.1 Å². The van der Waals surface area contributed by atoms with Crippen LogP contribution in [0.3, 0.4) is 0 Å². The van der Waals surface area contributed by atoms with Crippen molar-refractivity contribution in [3.8, 4) is 0 Å². The summed E-state index contributed by atoms with van der Waals surface area (Å²) in [4.78, 5) is 12.7. The van der Waals surface area contributed by atoms with Gasteiger partial charge in [0.15, 0.2) is 0 Å². The maximum atomic E-state index is 13.9. The molecule has 0 radical (unpaired) electrons. The molecule has 1 amide bonds. The number of benzene rings is 1. The van der Waals surface area contributed by atoms with Gasteiger partial charge in [-0.1, -0.05) is 0 Å². The molecule has 6 heteroatoms. The Balaban J connectivity index is 2.18. The fraction of sp³-hybridized carbons (Fsp3) is 0.462. The molecule has 0 spiro atoms. The summed E-state index contributed by atoms with van der Waals surface area (Å²) in [5, 5.41) is 0. The summed E-state index contributed by atoms with van der Waals surface area (Å²) in [7, 11) is 0. The molecule has 1 fully saturated rings. The molecule has 0 aliphatic carbocycles. The lowest BCUT2D eigenvalue weighted by molar-refractivity contribution is -0.122. The number of nitrogens with two attached hydrogens (primary N) is 2. The number of anilines is 1. The Kier molecular flexibility index (Phi) is 3.99. The van der Waals surface area contributed by atoms with E-state index in [1.807, 2.05) is 0 Å². The highest BCUT2D eigenvalue weighted by atomic mass is 19.1. The third-order valence-corrected chi connectivity index (χ3v) is 3.53. The first kappa shape index (κ1) is 13.7. The van der Waals surface area contributed by atoms with Crippen LogP contribution in [0.1, 0.15) is 18.4 Å². The minimum Gasteiger partial charge on any atom is -0.369 e. The van der Waals surface area contributed by atoms with Gasteiger partial charge in [0.25, 0.3) is 0 Å². The Morgan fingerprint density at radius 3 is 2.21 bits per heavy atom. The van der Waals surface area contributed by atoms with Gasteiger partial charge in [0, 0.05) is 25.6 Å². The van der Waals surface area contributed by atoms with Gasteiger partial charge in [-0.25, -0.2) is 8.78 Å². The number of carbonyl (C=O) groups is 1. The molecule has 0 unspecified atom stereocenters. The number of hydrogen-bond donors (Lipinski definition) is 2. The fourth-order valence-corrected chi connectivity index (χ4v) is 2.43. The van der Waals surface area contributed by atoms with Gasteiger partial charge in [0.05, 0.1) is 0 Å². The summed E-state index contributed by atoms with van der Waals surface area (Å²) in [5.74, 6) is -1.78. The summed E-state index contributed by atoms with van der Waals surface area (Å²) >= 11 is 0. The maximum Gasteiger partial charge on any atom is 0.220 e. The fourth-order valence-electron chi connectivity index (χ4n) is 2.43. The zero-order chi connectivity index (χ0) is 14.0. The second-order valence-electron chi connectivity index (χ2n) is 4.78. The highest BCUT2D eigenvalue weighted by Gasteiger charge is 2.26. The van der Waals surface area contributed by atoms with Crippen molar-refractivity contribution in [1.29, 1.82) is 0 Å². The molecule has 1 saturated heterocycles. The molecule has 1 heterocycles. The number of halogens is 2. The van der Waals surface area contributed by atoms with Gasteiger partial charge >= 0.3 is 0 Å². The van der Waals surface area contributed by atoms with E-state index >= 15 is 0 Å². The van der Waals surface area contributed by atoms with Crippen LogP contribution in [-0.2, 0) is 11.3 Å². The molecule has 1 aliphatic rings. The minimum atomic E-state index is -0.613. The highest BCUT2D eigenvalue weighted by Crippen LogP contribution is 2.29. The van der Waals surface area contributed by atoms with Gasteiger partial charge in [-0.15, -0.1) is 0 Å². The molecule has 1 aromatic rings. The van der Waals surface area contributed by atoms with Crippen molar-refractivity contribution >= 4 is 11.6 Å². The number of piperidine rings is 1. The van der Waals surface area contributed by atoms with Crippen LogP contribution in [0.5, 0.6) is 0 Å². The number of rotatable bonds is 3. The van der Waals surface area contributed by atoms with Crippen LogP contribution < -0.4 is 16.4 Å². The molecule has 2 rings (SSSR count). The van der Waals surface area contributed by atoms with E-state index < -0.39 is 11.6 Å². The van der Waals surface area contributed by atoms with Crippen molar-refractivity contribution in [2.45, 2.75) is 19.4 Å². The number of nitrogens with zero attached hydrogens (tertiary/aromatic N) is 1. The van der Waals surface area contributed by atoms with Crippen LogP contribution in [0, 0.1) is 17.6 Å². The molecular formula is C13H17F2N3O. The lowest BCUT2D eigenvalue weighted by atomic mass is 9.95. The zero-order valence-electron chi connectivity index (χ0n) is 10.5. The monoisotopic (exact) mass is 269 g/mol. The Labute approximate surface area is 110 Å². The van der Waals surface area contributed by atoms with Crippen LogP contribution >= 0.6 is 0 Å². The lowest BCUT2D eigenvalue weighted by Gasteiger charge is -2.32. The van der Waals surface area contributed by atoms with Crippen molar-refractivity contribution in [2.24, 2.45) is 17.4 Å². The maximum absolute atomic E-state index is 13.9. The van der Waals surface area contributed by atoms with E-state index in [-0.39, 0.29) is 24.1 Å². The lowest BCUT2D eigenvalue weighted by Crippen LogP contribution is -2.39. The average molecular weight is 269 g/mol. The van der Waals surface area contributed by atoms with E-state index in [1.165, 1.54) is 12.1 Å². The molecule has 1 aliphatic heterocycles. The van der Waals surface area contributed by atoms with Crippen molar-refractivity contribution in [3.63, 3.8) is 0 Å². The van der Waals surface area contributed by atoms with Gasteiger partial charge in [-0.3, -0.25) is 4.79 Å². The second kappa shape index (κ2) is 5.52. The van der Waals surface area contributed by atoms with E-state index in [2.05, 4.69) is 0 Å². The molecule has 4 nitrogen and oxygen atoms in total. The Hall–Kier alpha value is -1.69. The number of carbonyl (C=O) groups excluding carboxylic acids is 1. The predicted octanol–water partition coefficient (Wildman–Crippen LogP) is 1.13.